The van der Waals surface area contributed by atoms with Crippen LogP contribution in [0.4, 0.5) is 18.9 Å². The molecule has 4 nitrogen and oxygen atoms in total. The third-order valence-electron chi connectivity index (χ3n) is 2.20. The van der Waals surface area contributed by atoms with Crippen LogP contribution in [0, 0.1) is 0 Å². The lowest BCUT2D eigenvalue weighted by Crippen LogP contribution is -2.20. The molecule has 16 heavy (non-hydrogen) atoms. The normalized spacial score (nSPS) is 14.2. The van der Waals surface area contributed by atoms with Crippen LogP contribution in [-0.2, 0) is 0 Å². The van der Waals surface area contributed by atoms with Crippen LogP contribution in [0.2, 0.25) is 0 Å². The van der Waals surface area contributed by atoms with Crippen molar-refractivity contribution in [1.82, 2.24) is 9.61 Å². The first-order chi connectivity index (χ1) is 7.39. The number of nitrogen functional groups attached to an aromatic ring is 1. The van der Waals surface area contributed by atoms with Gasteiger partial charge in [0.05, 0.1) is 17.4 Å². The maximum atomic E-state index is 12.3. The van der Waals surface area contributed by atoms with E-state index >= 15 is 0 Å². The van der Waals surface area contributed by atoms with E-state index in [2.05, 4.69) is 5.10 Å². The molecule has 86 valence electrons. The lowest BCUT2D eigenvalue weighted by atomic mass is 10.1. The Balaban J connectivity index is 2.50. The van der Waals surface area contributed by atoms with E-state index in [1.807, 2.05) is 0 Å². The number of rotatable bonds is 1. The van der Waals surface area contributed by atoms with Gasteiger partial charge in [-0.15, -0.1) is 0 Å². The van der Waals surface area contributed by atoms with Crippen molar-refractivity contribution in [2.75, 3.05) is 5.73 Å². The Hall–Kier alpha value is -1.76. The largest absolute Gasteiger partial charge is 0.418 e. The molecule has 2 heterocycles. The van der Waals surface area contributed by atoms with E-state index in [-0.39, 0.29) is 11.3 Å². The number of aliphatic hydroxyl groups excluding tert-OH is 1. The van der Waals surface area contributed by atoms with E-state index in [4.69, 9.17) is 10.8 Å². The van der Waals surface area contributed by atoms with Gasteiger partial charge in [0.1, 0.15) is 0 Å². The van der Waals surface area contributed by atoms with E-state index < -0.39 is 12.3 Å². The molecule has 3 N–H and O–H groups in total. The number of alkyl halides is 3. The number of nitrogens with two attached hydrogens (primary N) is 1. The Morgan fingerprint density at radius 3 is 2.75 bits per heavy atom. The molecule has 0 fully saturated rings. The predicted molar refractivity (Wildman–Crippen MR) is 50.6 cm³/mol. The van der Waals surface area contributed by atoms with E-state index in [1.54, 1.807) is 0 Å². The second-order valence-electron chi connectivity index (χ2n) is 3.33. The second kappa shape index (κ2) is 3.38. The first-order valence-electron chi connectivity index (χ1n) is 4.37. The van der Waals surface area contributed by atoms with Gasteiger partial charge in [0.2, 0.25) is 0 Å². The lowest BCUT2D eigenvalue weighted by molar-refractivity contribution is -0.206. The highest BCUT2D eigenvalue weighted by atomic mass is 19.4. The van der Waals surface area contributed by atoms with Gasteiger partial charge in [0.25, 0.3) is 0 Å². The summed E-state index contributed by atoms with van der Waals surface area (Å²) in [5.41, 5.74) is 5.85. The van der Waals surface area contributed by atoms with Crippen LogP contribution in [0.1, 0.15) is 11.7 Å². The summed E-state index contributed by atoms with van der Waals surface area (Å²) in [7, 11) is 0. The number of hydrogen-bond acceptors (Lipinski definition) is 3. The van der Waals surface area contributed by atoms with Crippen molar-refractivity contribution >= 4 is 11.2 Å². The van der Waals surface area contributed by atoms with Gasteiger partial charge >= 0.3 is 6.18 Å². The maximum absolute atomic E-state index is 12.3. The van der Waals surface area contributed by atoms with Crippen LogP contribution in [-0.4, -0.2) is 20.9 Å². The monoisotopic (exact) mass is 231 g/mol. The van der Waals surface area contributed by atoms with Gasteiger partial charge in [-0.1, -0.05) is 0 Å². The summed E-state index contributed by atoms with van der Waals surface area (Å²) >= 11 is 0. The average Bonchev–Trinajstić information content (AvgIpc) is 2.58. The quantitative estimate of drug-likeness (QED) is 0.781. The molecule has 2 rings (SSSR count). The second-order valence-corrected chi connectivity index (χ2v) is 3.33. The zero-order valence-electron chi connectivity index (χ0n) is 7.94. The fourth-order valence-electron chi connectivity index (χ4n) is 1.37. The van der Waals surface area contributed by atoms with Crippen molar-refractivity contribution in [3.63, 3.8) is 0 Å². The molecule has 0 aliphatic heterocycles. The summed E-state index contributed by atoms with van der Waals surface area (Å²) in [5.74, 6) is 0. The summed E-state index contributed by atoms with van der Waals surface area (Å²) in [5, 5.41) is 12.9. The molecule has 0 amide bonds. The smallest absolute Gasteiger partial charge is 0.396 e. The van der Waals surface area contributed by atoms with Gasteiger partial charge < -0.3 is 10.8 Å². The molecule has 2 aromatic rings. The summed E-state index contributed by atoms with van der Waals surface area (Å²) in [4.78, 5) is 0. The number of fused-ring (bicyclic) bond motifs is 1. The highest BCUT2D eigenvalue weighted by molar-refractivity contribution is 5.69. The van der Waals surface area contributed by atoms with Gasteiger partial charge in [0.15, 0.2) is 6.10 Å². The number of anilines is 1. The Kier molecular flexibility index (Phi) is 2.27. The molecule has 0 spiro atoms. The molecule has 0 aliphatic carbocycles. The minimum absolute atomic E-state index is 0.257. The molecule has 0 saturated carbocycles. The highest BCUT2D eigenvalue weighted by Crippen LogP contribution is 2.33. The van der Waals surface area contributed by atoms with Crippen LogP contribution in [0.25, 0.3) is 5.52 Å². The molecule has 0 saturated heterocycles. The summed E-state index contributed by atoms with van der Waals surface area (Å²) in [6, 6.07) is 2.32. The predicted octanol–water partition coefficient (Wildman–Crippen LogP) is 1.51. The zero-order valence-corrected chi connectivity index (χ0v) is 7.94. The standard InChI is InChI=1S/C9H8F3N3O/c10-9(11,12)8(16)5-1-2-15-7(3-5)6(13)4-14-15/h1-4,8,16H,13H2. The van der Waals surface area contributed by atoms with Crippen molar-refractivity contribution in [3.8, 4) is 0 Å². The summed E-state index contributed by atoms with van der Waals surface area (Å²) in [6.07, 6.45) is -4.55. The summed E-state index contributed by atoms with van der Waals surface area (Å²) < 4.78 is 38.1. The third kappa shape index (κ3) is 1.69. The summed E-state index contributed by atoms with van der Waals surface area (Å²) in [6.45, 7) is 0. The average molecular weight is 231 g/mol. The third-order valence-corrected chi connectivity index (χ3v) is 2.20. The number of pyridine rings is 1. The van der Waals surface area contributed by atoms with Crippen LogP contribution in [0.3, 0.4) is 0 Å². The van der Waals surface area contributed by atoms with Gasteiger partial charge in [-0.3, -0.25) is 0 Å². The Morgan fingerprint density at radius 2 is 2.12 bits per heavy atom. The van der Waals surface area contributed by atoms with E-state index in [0.717, 1.165) is 6.07 Å². The Morgan fingerprint density at radius 1 is 1.44 bits per heavy atom. The SMILES string of the molecule is Nc1cnn2ccc(C(O)C(F)(F)F)cc12. The number of hydrogen-bond donors (Lipinski definition) is 2. The van der Waals surface area contributed by atoms with Crippen molar-refractivity contribution in [2.24, 2.45) is 0 Å². The van der Waals surface area contributed by atoms with E-state index in [9.17, 15) is 13.2 Å². The number of nitrogens with zero attached hydrogens (tertiary/aromatic N) is 2. The highest BCUT2D eigenvalue weighted by Gasteiger charge is 2.39. The molecule has 0 radical (unpaired) electrons. The number of aliphatic hydroxyl groups is 1. The van der Waals surface area contributed by atoms with Crippen LogP contribution in [0.15, 0.2) is 24.5 Å². The molecule has 1 unspecified atom stereocenters. The molecule has 0 aliphatic rings. The van der Waals surface area contributed by atoms with Gasteiger partial charge in [-0.25, -0.2) is 4.52 Å². The van der Waals surface area contributed by atoms with Crippen molar-refractivity contribution in [1.29, 1.82) is 0 Å². The van der Waals surface area contributed by atoms with Crippen molar-refractivity contribution in [2.45, 2.75) is 12.3 Å². The number of halogens is 3. The lowest BCUT2D eigenvalue weighted by Gasteiger charge is -2.14. The van der Waals surface area contributed by atoms with Gasteiger partial charge in [0, 0.05) is 6.20 Å². The van der Waals surface area contributed by atoms with E-state index in [1.165, 1.54) is 23.0 Å². The Labute approximate surface area is 88.1 Å². The van der Waals surface area contributed by atoms with Crippen LogP contribution in [0.5, 0.6) is 0 Å². The molecule has 0 bridgehead atoms. The molecule has 2 aromatic heterocycles. The van der Waals surface area contributed by atoms with Gasteiger partial charge in [-0.05, 0) is 17.7 Å². The Bertz CT molecular complexity index is 520. The van der Waals surface area contributed by atoms with Crippen molar-refractivity contribution < 1.29 is 18.3 Å². The molecule has 1 atom stereocenters. The molecular formula is C9H8F3N3O. The molecule has 0 aromatic carbocycles. The molecule has 7 heteroatoms. The van der Waals surface area contributed by atoms with Crippen molar-refractivity contribution in [3.05, 3.63) is 30.1 Å². The van der Waals surface area contributed by atoms with Crippen LogP contribution < -0.4 is 5.73 Å². The first-order valence-corrected chi connectivity index (χ1v) is 4.37. The molecular weight excluding hydrogens is 223 g/mol. The number of aromatic nitrogens is 2. The maximum Gasteiger partial charge on any atom is 0.418 e. The fourth-order valence-corrected chi connectivity index (χ4v) is 1.37. The first kappa shape index (κ1) is 10.7. The van der Waals surface area contributed by atoms with Crippen LogP contribution >= 0.6 is 0 Å². The fraction of sp³-hybridized carbons (Fsp3) is 0.222. The topological polar surface area (TPSA) is 63.5 Å². The van der Waals surface area contributed by atoms with Gasteiger partial charge in [-0.2, -0.15) is 18.3 Å². The zero-order chi connectivity index (χ0) is 11.9. The minimum atomic E-state index is -4.69. The van der Waals surface area contributed by atoms with E-state index in [0.29, 0.717) is 5.52 Å². The minimum Gasteiger partial charge on any atom is -0.396 e.